The second-order valence-electron chi connectivity index (χ2n) is 5.50. The predicted molar refractivity (Wildman–Crippen MR) is 83.3 cm³/mol. The molecule has 0 aliphatic carbocycles. The monoisotopic (exact) mass is 289 g/mol. The van der Waals surface area contributed by atoms with Crippen LogP contribution in [0.5, 0.6) is 0 Å². The number of anilines is 1. The summed E-state index contributed by atoms with van der Waals surface area (Å²) in [6, 6.07) is 7.38. The minimum Gasteiger partial charge on any atom is -0.352 e. The van der Waals surface area contributed by atoms with Crippen LogP contribution in [-0.4, -0.2) is 30.9 Å². The fourth-order valence-corrected chi connectivity index (χ4v) is 2.58. The second-order valence-corrected chi connectivity index (χ2v) is 5.50. The zero-order valence-electron chi connectivity index (χ0n) is 12.6. The van der Waals surface area contributed by atoms with E-state index in [0.29, 0.717) is 18.2 Å². The highest BCUT2D eigenvalue weighted by atomic mass is 16.2. The fourth-order valence-electron chi connectivity index (χ4n) is 2.58. The Hall–Kier alpha value is -1.88. The molecule has 21 heavy (non-hydrogen) atoms. The number of hydrogen-bond acceptors (Lipinski definition) is 3. The van der Waals surface area contributed by atoms with E-state index in [1.807, 2.05) is 6.92 Å². The highest BCUT2D eigenvalue weighted by molar-refractivity contribution is 5.96. The highest BCUT2D eigenvalue weighted by Gasteiger charge is 2.24. The van der Waals surface area contributed by atoms with Crippen LogP contribution in [0.3, 0.4) is 0 Å². The van der Waals surface area contributed by atoms with Gasteiger partial charge in [-0.2, -0.15) is 0 Å². The van der Waals surface area contributed by atoms with Crippen LogP contribution in [0.1, 0.15) is 37.0 Å². The quantitative estimate of drug-likeness (QED) is 0.791. The summed E-state index contributed by atoms with van der Waals surface area (Å²) >= 11 is 0. The van der Waals surface area contributed by atoms with Crippen LogP contribution in [0.15, 0.2) is 24.3 Å². The number of carbonyl (C=O) groups is 2. The molecule has 5 heteroatoms. The van der Waals surface area contributed by atoms with E-state index < -0.39 is 0 Å². The van der Waals surface area contributed by atoms with Gasteiger partial charge in [-0.25, -0.2) is 0 Å². The molecule has 2 atom stereocenters. The number of hydrogen-bond donors (Lipinski definition) is 3. The van der Waals surface area contributed by atoms with Crippen LogP contribution in [0, 0.1) is 5.92 Å². The van der Waals surface area contributed by atoms with Crippen LogP contribution >= 0.6 is 0 Å². The lowest BCUT2D eigenvalue weighted by Gasteiger charge is -2.27. The molecule has 0 bridgehead atoms. The molecule has 5 nitrogen and oxygen atoms in total. The molecule has 2 rings (SSSR count). The van der Waals surface area contributed by atoms with Gasteiger partial charge in [0.15, 0.2) is 0 Å². The van der Waals surface area contributed by atoms with E-state index in [0.717, 1.165) is 25.1 Å². The lowest BCUT2D eigenvalue weighted by atomic mass is 9.92. The molecule has 0 saturated carbocycles. The van der Waals surface area contributed by atoms with Gasteiger partial charge in [0.1, 0.15) is 0 Å². The molecule has 1 aliphatic heterocycles. The number of carbonyl (C=O) groups excluding carboxylic acids is 2. The van der Waals surface area contributed by atoms with E-state index in [1.54, 1.807) is 24.3 Å². The van der Waals surface area contributed by atoms with Crippen molar-refractivity contribution in [2.75, 3.05) is 18.4 Å². The lowest BCUT2D eigenvalue weighted by molar-refractivity contribution is -0.120. The molecule has 1 heterocycles. The Balaban J connectivity index is 1.93. The van der Waals surface area contributed by atoms with E-state index in [-0.39, 0.29) is 17.7 Å². The Morgan fingerprint density at radius 3 is 2.62 bits per heavy atom. The Labute approximate surface area is 125 Å². The maximum absolute atomic E-state index is 12.2. The highest BCUT2D eigenvalue weighted by Crippen LogP contribution is 2.19. The third-order valence-electron chi connectivity index (χ3n) is 3.75. The third kappa shape index (κ3) is 4.29. The molecule has 0 aromatic heterocycles. The normalized spacial score (nSPS) is 21.6. The molecule has 0 radical (unpaired) electrons. The first kappa shape index (κ1) is 15.5. The van der Waals surface area contributed by atoms with Gasteiger partial charge in [0, 0.05) is 29.8 Å². The standard InChI is InChI=1S/C16H23N3O2/c1-3-17-15(20)12-4-6-14(7-5-12)19-16(21)13-8-9-18-11(2)10-13/h4-7,11,13,18H,3,8-10H2,1-2H3,(H,17,20)(H,19,21). The summed E-state index contributed by atoms with van der Waals surface area (Å²) in [4.78, 5) is 23.9. The molecule has 3 N–H and O–H groups in total. The molecule has 1 aliphatic rings. The van der Waals surface area contributed by atoms with Gasteiger partial charge in [-0.15, -0.1) is 0 Å². The lowest BCUT2D eigenvalue weighted by Crippen LogP contribution is -2.40. The molecular formula is C16H23N3O2. The largest absolute Gasteiger partial charge is 0.352 e. The number of benzene rings is 1. The Bertz CT molecular complexity index is 499. The molecule has 1 aromatic rings. The van der Waals surface area contributed by atoms with Crippen LogP contribution < -0.4 is 16.0 Å². The topological polar surface area (TPSA) is 70.2 Å². The molecule has 0 spiro atoms. The van der Waals surface area contributed by atoms with Crippen molar-refractivity contribution < 1.29 is 9.59 Å². The second kappa shape index (κ2) is 7.22. The van der Waals surface area contributed by atoms with Crippen molar-refractivity contribution in [2.24, 2.45) is 5.92 Å². The van der Waals surface area contributed by atoms with Gasteiger partial charge >= 0.3 is 0 Å². The van der Waals surface area contributed by atoms with Crippen molar-refractivity contribution in [3.63, 3.8) is 0 Å². The van der Waals surface area contributed by atoms with Gasteiger partial charge in [0.2, 0.25) is 5.91 Å². The summed E-state index contributed by atoms with van der Waals surface area (Å²) in [5.74, 6) is 0.0287. The van der Waals surface area contributed by atoms with E-state index in [4.69, 9.17) is 0 Å². The Morgan fingerprint density at radius 2 is 2.00 bits per heavy atom. The first-order valence-electron chi connectivity index (χ1n) is 7.52. The van der Waals surface area contributed by atoms with Crippen LogP contribution in [0.25, 0.3) is 0 Å². The summed E-state index contributed by atoms with van der Waals surface area (Å²) < 4.78 is 0. The first-order valence-corrected chi connectivity index (χ1v) is 7.52. The minimum atomic E-state index is -0.0949. The van der Waals surface area contributed by atoms with Gasteiger partial charge in [-0.05, 0) is 57.5 Å². The molecule has 2 amide bonds. The number of amides is 2. The molecule has 114 valence electrons. The molecular weight excluding hydrogens is 266 g/mol. The van der Waals surface area contributed by atoms with E-state index in [9.17, 15) is 9.59 Å². The van der Waals surface area contributed by atoms with Crippen LogP contribution in [0.4, 0.5) is 5.69 Å². The van der Waals surface area contributed by atoms with Gasteiger partial charge in [-0.3, -0.25) is 9.59 Å². The zero-order valence-corrected chi connectivity index (χ0v) is 12.6. The van der Waals surface area contributed by atoms with Crippen molar-refractivity contribution in [2.45, 2.75) is 32.7 Å². The zero-order chi connectivity index (χ0) is 15.2. The van der Waals surface area contributed by atoms with Gasteiger partial charge in [-0.1, -0.05) is 0 Å². The Kier molecular flexibility index (Phi) is 5.33. The molecule has 2 unspecified atom stereocenters. The summed E-state index contributed by atoms with van der Waals surface area (Å²) in [6.07, 6.45) is 1.73. The predicted octanol–water partition coefficient (Wildman–Crippen LogP) is 1.76. The number of nitrogens with one attached hydrogen (secondary N) is 3. The average Bonchev–Trinajstić information content (AvgIpc) is 2.48. The molecule has 1 aromatic carbocycles. The molecule has 1 saturated heterocycles. The Morgan fingerprint density at radius 1 is 1.29 bits per heavy atom. The SMILES string of the molecule is CCNC(=O)c1ccc(NC(=O)C2CCNC(C)C2)cc1. The van der Waals surface area contributed by atoms with Crippen molar-refractivity contribution in [1.29, 1.82) is 0 Å². The van der Waals surface area contributed by atoms with Crippen molar-refractivity contribution in [1.82, 2.24) is 10.6 Å². The van der Waals surface area contributed by atoms with Gasteiger partial charge in [0.25, 0.3) is 5.91 Å². The van der Waals surface area contributed by atoms with Crippen molar-refractivity contribution >= 4 is 17.5 Å². The smallest absolute Gasteiger partial charge is 0.251 e. The average molecular weight is 289 g/mol. The van der Waals surface area contributed by atoms with E-state index in [2.05, 4.69) is 22.9 Å². The van der Waals surface area contributed by atoms with Crippen molar-refractivity contribution in [3.05, 3.63) is 29.8 Å². The summed E-state index contributed by atoms with van der Waals surface area (Å²) in [5.41, 5.74) is 1.34. The third-order valence-corrected chi connectivity index (χ3v) is 3.75. The summed E-state index contributed by atoms with van der Waals surface area (Å²) in [5, 5.41) is 9.02. The van der Waals surface area contributed by atoms with Gasteiger partial charge < -0.3 is 16.0 Å². The van der Waals surface area contributed by atoms with Crippen molar-refractivity contribution in [3.8, 4) is 0 Å². The van der Waals surface area contributed by atoms with Crippen LogP contribution in [0.2, 0.25) is 0 Å². The fraction of sp³-hybridized carbons (Fsp3) is 0.500. The maximum Gasteiger partial charge on any atom is 0.251 e. The summed E-state index contributed by atoms with van der Waals surface area (Å²) in [7, 11) is 0. The maximum atomic E-state index is 12.2. The van der Waals surface area contributed by atoms with Gasteiger partial charge in [0.05, 0.1) is 0 Å². The first-order chi connectivity index (χ1) is 10.1. The van der Waals surface area contributed by atoms with E-state index >= 15 is 0 Å². The molecule has 1 fully saturated rings. The number of piperidine rings is 1. The minimum absolute atomic E-state index is 0.0596. The van der Waals surface area contributed by atoms with E-state index in [1.165, 1.54) is 0 Å². The van der Waals surface area contributed by atoms with Crippen LogP contribution in [-0.2, 0) is 4.79 Å². The number of rotatable bonds is 4. The summed E-state index contributed by atoms with van der Waals surface area (Å²) in [6.45, 7) is 5.47.